The number of likely N-dealkylation sites (N-methyl/N-ethyl adjacent to an activating group) is 1. The van der Waals surface area contributed by atoms with Crippen molar-refractivity contribution in [2.45, 2.75) is 61.3 Å². The first-order chi connectivity index (χ1) is 29.1. The maximum atomic E-state index is 12.5. The fourth-order valence-electron chi connectivity index (χ4n) is 5.23. The zero-order valence-electron chi connectivity index (χ0n) is 36.9. The minimum Gasteiger partial charge on any atom is -0.497 e. The minimum absolute atomic E-state index is 0.148. The lowest BCUT2D eigenvalue weighted by Gasteiger charge is -2.23. The molecule has 0 N–H and O–H groups in total. The van der Waals surface area contributed by atoms with Crippen LogP contribution in [0.4, 0.5) is 17.1 Å². The van der Waals surface area contributed by atoms with E-state index in [1.54, 1.807) is 43.5 Å². The highest BCUT2D eigenvalue weighted by Gasteiger charge is 2.27. The molecule has 0 aliphatic carbocycles. The van der Waals surface area contributed by atoms with Crippen LogP contribution < -0.4 is 19.1 Å². The topological polar surface area (TPSA) is 125 Å². The molecule has 0 amide bonds. The Bertz CT molecular complexity index is 2160. The molecule has 0 aliphatic heterocycles. The van der Waals surface area contributed by atoms with Gasteiger partial charge in [0.25, 0.3) is 0 Å². The zero-order chi connectivity index (χ0) is 44.4. The fourth-order valence-corrected chi connectivity index (χ4v) is 5.23. The van der Waals surface area contributed by atoms with E-state index in [-0.39, 0.29) is 25.2 Å². The van der Waals surface area contributed by atoms with Crippen LogP contribution in [0.3, 0.4) is 0 Å². The smallest absolute Gasteiger partial charge is 0.343 e. The number of esters is 3. The van der Waals surface area contributed by atoms with Crippen LogP contribution in [-0.4, -0.2) is 58.4 Å². The van der Waals surface area contributed by atoms with Crippen molar-refractivity contribution in [3.05, 3.63) is 132 Å². The number of hydrogen-bond donors (Lipinski definition) is 0. The Hall–Kier alpha value is -6.49. The second-order valence-corrected chi connectivity index (χ2v) is 15.7. The second kappa shape index (κ2) is 22.8. The molecule has 0 heterocycles. The summed E-state index contributed by atoms with van der Waals surface area (Å²) < 4.78 is 26.9. The number of aryl methyl sites for hydroxylation is 1. The Kier molecular flexibility index (Phi) is 17.6. The molecule has 11 nitrogen and oxygen atoms in total. The normalized spacial score (nSPS) is 11.2. The van der Waals surface area contributed by atoms with Gasteiger partial charge in [-0.3, -0.25) is 9.59 Å². The molecule has 5 aromatic carbocycles. The Labute approximate surface area is 360 Å². The zero-order valence-corrected chi connectivity index (χ0v) is 36.9. The van der Waals surface area contributed by atoms with Gasteiger partial charge in [0.2, 0.25) is 0 Å². The third kappa shape index (κ3) is 14.9. The number of ether oxygens (including phenoxy) is 5. The monoisotopic (exact) mass is 829 g/mol. The SMILES string of the molecule is CCC(C)(C)C(=O)OCCN(C)c1ccc(N=Nc2ccc(C)cc2)cc1.CCC(C)(C)C(=O)OCCOc1ccc(C(=O)Oc2ccc(-c3ccc(OC)cc3)cc2)cc1. The summed E-state index contributed by atoms with van der Waals surface area (Å²) in [7, 11) is 3.61. The van der Waals surface area contributed by atoms with Gasteiger partial charge in [-0.2, -0.15) is 10.2 Å². The average molecular weight is 830 g/mol. The molecule has 0 radical (unpaired) electrons. The number of rotatable bonds is 18. The van der Waals surface area contributed by atoms with Crippen LogP contribution in [-0.2, 0) is 19.1 Å². The highest BCUT2D eigenvalue weighted by atomic mass is 16.6. The summed E-state index contributed by atoms with van der Waals surface area (Å²) in [6.45, 7) is 14.9. The molecule has 61 heavy (non-hydrogen) atoms. The number of benzene rings is 5. The number of anilines is 1. The molecule has 0 aliphatic rings. The first-order valence-corrected chi connectivity index (χ1v) is 20.5. The highest BCUT2D eigenvalue weighted by Crippen LogP contribution is 2.27. The van der Waals surface area contributed by atoms with Crippen molar-refractivity contribution in [3.8, 4) is 28.4 Å². The van der Waals surface area contributed by atoms with Crippen molar-refractivity contribution in [1.29, 1.82) is 0 Å². The van der Waals surface area contributed by atoms with Crippen molar-refractivity contribution >= 4 is 35.0 Å². The molecule has 5 aromatic rings. The quantitative estimate of drug-likeness (QED) is 0.0367. The number of methoxy groups -OCH3 is 1. The minimum atomic E-state index is -0.502. The third-order valence-electron chi connectivity index (χ3n) is 10.3. The Balaban J connectivity index is 0.000000276. The molecule has 0 bridgehead atoms. The summed E-state index contributed by atoms with van der Waals surface area (Å²) in [5.41, 5.74) is 5.39. The summed E-state index contributed by atoms with van der Waals surface area (Å²) in [6, 6.07) is 37.4. The standard InChI is InChI=1S/C28H30O6.C22H29N3O2/c1-5-28(2,3)27(30)33-19-18-32-24-14-10-22(11-15-24)26(29)34-25-16-8-21(9-17-25)20-6-12-23(31-4)13-7-20;1-6-22(3,4)21(26)27-16-15-25(5)20-13-11-19(12-14-20)24-23-18-9-7-17(2)8-10-18/h6-17H,5,18-19H2,1-4H3;7-14H,6,15-16H2,1-5H3. The third-order valence-corrected chi connectivity index (χ3v) is 10.3. The summed E-state index contributed by atoms with van der Waals surface area (Å²) in [6.07, 6.45) is 1.47. The van der Waals surface area contributed by atoms with Crippen LogP contribution in [0.2, 0.25) is 0 Å². The average Bonchev–Trinajstić information content (AvgIpc) is 3.28. The number of azo groups is 1. The van der Waals surface area contributed by atoms with Gasteiger partial charge in [0, 0.05) is 12.7 Å². The van der Waals surface area contributed by atoms with E-state index in [1.807, 2.05) is 145 Å². The van der Waals surface area contributed by atoms with E-state index in [0.717, 1.165) is 40.4 Å². The highest BCUT2D eigenvalue weighted by molar-refractivity contribution is 5.91. The maximum absolute atomic E-state index is 12.5. The second-order valence-electron chi connectivity index (χ2n) is 15.7. The van der Waals surface area contributed by atoms with Gasteiger partial charge < -0.3 is 28.6 Å². The molecule has 322 valence electrons. The molecule has 0 unspecified atom stereocenters. The van der Waals surface area contributed by atoms with Crippen LogP contribution in [0.1, 0.15) is 70.3 Å². The van der Waals surface area contributed by atoms with Crippen molar-refractivity contribution in [3.63, 3.8) is 0 Å². The van der Waals surface area contributed by atoms with E-state index in [2.05, 4.69) is 10.2 Å². The lowest BCUT2D eigenvalue weighted by molar-refractivity contribution is -0.155. The van der Waals surface area contributed by atoms with Gasteiger partial charge in [0.1, 0.15) is 37.1 Å². The lowest BCUT2D eigenvalue weighted by atomic mass is 9.91. The number of carbonyl (C=O) groups excluding carboxylic acids is 3. The van der Waals surface area contributed by atoms with E-state index >= 15 is 0 Å². The van der Waals surface area contributed by atoms with Gasteiger partial charge in [-0.15, -0.1) is 0 Å². The molecule has 0 saturated carbocycles. The molecule has 0 fully saturated rings. The predicted octanol–water partition coefficient (Wildman–Crippen LogP) is 11.8. The van der Waals surface area contributed by atoms with Gasteiger partial charge >= 0.3 is 17.9 Å². The first kappa shape index (κ1) is 47.2. The van der Waals surface area contributed by atoms with E-state index in [1.165, 1.54) is 5.56 Å². The summed E-state index contributed by atoms with van der Waals surface area (Å²) >= 11 is 0. The maximum Gasteiger partial charge on any atom is 0.343 e. The van der Waals surface area contributed by atoms with Crippen LogP contribution in [0.5, 0.6) is 17.2 Å². The van der Waals surface area contributed by atoms with Crippen LogP contribution in [0.25, 0.3) is 11.1 Å². The van der Waals surface area contributed by atoms with Crippen molar-refractivity contribution in [2.24, 2.45) is 21.1 Å². The lowest BCUT2D eigenvalue weighted by Crippen LogP contribution is -2.30. The molecule has 0 atom stereocenters. The molecule has 0 aromatic heterocycles. The van der Waals surface area contributed by atoms with Crippen LogP contribution in [0.15, 0.2) is 132 Å². The largest absolute Gasteiger partial charge is 0.497 e. The Morgan fingerprint density at radius 3 is 1.52 bits per heavy atom. The molecule has 5 rings (SSSR count). The van der Waals surface area contributed by atoms with Gasteiger partial charge in [-0.25, -0.2) is 4.79 Å². The summed E-state index contributed by atoms with van der Waals surface area (Å²) in [4.78, 5) is 38.5. The molecule has 0 saturated heterocycles. The van der Waals surface area contributed by atoms with Gasteiger partial charge in [0.15, 0.2) is 0 Å². The number of hydrogen-bond acceptors (Lipinski definition) is 11. The summed E-state index contributed by atoms with van der Waals surface area (Å²) in [5.74, 6) is 0.981. The first-order valence-electron chi connectivity index (χ1n) is 20.5. The number of nitrogens with zero attached hydrogens (tertiary/aromatic N) is 3. The van der Waals surface area contributed by atoms with E-state index < -0.39 is 16.8 Å². The van der Waals surface area contributed by atoms with Gasteiger partial charge in [-0.05, 0) is 144 Å². The summed E-state index contributed by atoms with van der Waals surface area (Å²) in [5, 5.41) is 8.51. The van der Waals surface area contributed by atoms with Crippen molar-refractivity contribution in [1.82, 2.24) is 0 Å². The molecule has 11 heteroatoms. The van der Waals surface area contributed by atoms with Crippen molar-refractivity contribution in [2.75, 3.05) is 45.4 Å². The van der Waals surface area contributed by atoms with Crippen molar-refractivity contribution < 1.29 is 38.1 Å². The molecular formula is C50H59N3O8. The Morgan fingerprint density at radius 1 is 0.574 bits per heavy atom. The van der Waals surface area contributed by atoms with Crippen LogP contribution >= 0.6 is 0 Å². The van der Waals surface area contributed by atoms with Gasteiger partial charge in [0.05, 0.1) is 41.4 Å². The Morgan fingerprint density at radius 2 is 1.03 bits per heavy atom. The fraction of sp³-hybridized carbons (Fsp3) is 0.340. The molecular weight excluding hydrogens is 771 g/mol. The number of carbonyl (C=O) groups is 3. The molecule has 0 spiro atoms. The van der Waals surface area contributed by atoms with Crippen LogP contribution in [0, 0.1) is 17.8 Å². The van der Waals surface area contributed by atoms with Gasteiger partial charge in [-0.1, -0.05) is 55.8 Å². The predicted molar refractivity (Wildman–Crippen MR) is 240 cm³/mol. The van der Waals surface area contributed by atoms with E-state index in [9.17, 15) is 14.4 Å². The van der Waals surface area contributed by atoms with E-state index in [4.69, 9.17) is 23.7 Å². The van der Waals surface area contributed by atoms with E-state index in [0.29, 0.717) is 36.6 Å².